The molecule has 0 unspecified atom stereocenters. The number of carbonyl (C=O) groups excluding carboxylic acids is 4. The second-order valence-electron chi connectivity index (χ2n) is 11.2. The number of nitro benzene ring substituents is 1. The average molecular weight is 528 g/mol. The van der Waals surface area contributed by atoms with Crippen molar-refractivity contribution >= 4 is 40.8 Å². The summed E-state index contributed by atoms with van der Waals surface area (Å²) in [6, 6.07) is 10.9. The van der Waals surface area contributed by atoms with Crippen LogP contribution in [0.2, 0.25) is 0 Å². The second kappa shape index (κ2) is 8.33. The van der Waals surface area contributed by atoms with Crippen molar-refractivity contribution in [2.45, 2.75) is 19.8 Å². The van der Waals surface area contributed by atoms with Gasteiger partial charge in [-0.3, -0.25) is 29.3 Å². The molecule has 2 heterocycles. The number of amides is 3. The number of carbonyl (C=O) groups is 4. The molecule has 4 aliphatic carbocycles. The molecular formula is C29H25N3O7. The number of hydrogen-bond donors (Lipinski definition) is 0. The van der Waals surface area contributed by atoms with Gasteiger partial charge in [-0.05, 0) is 55.2 Å². The van der Waals surface area contributed by atoms with Crippen LogP contribution in [-0.2, 0) is 19.2 Å². The van der Waals surface area contributed by atoms with Crippen molar-refractivity contribution in [3.63, 3.8) is 0 Å². The van der Waals surface area contributed by atoms with Crippen molar-refractivity contribution in [2.75, 3.05) is 16.3 Å². The zero-order chi connectivity index (χ0) is 27.2. The Labute approximate surface area is 223 Å². The summed E-state index contributed by atoms with van der Waals surface area (Å²) in [6.45, 7) is 1.64. The Hall–Kier alpha value is -4.34. The van der Waals surface area contributed by atoms with Crippen molar-refractivity contribution in [1.29, 1.82) is 0 Å². The Morgan fingerprint density at radius 3 is 2.33 bits per heavy atom. The van der Waals surface area contributed by atoms with E-state index in [1.165, 1.54) is 21.9 Å². The van der Waals surface area contributed by atoms with E-state index in [9.17, 15) is 29.3 Å². The lowest BCUT2D eigenvalue weighted by atomic mass is 9.63. The molecule has 2 aromatic rings. The molecule has 10 heteroatoms. The quantitative estimate of drug-likeness (QED) is 0.146. The first-order valence-corrected chi connectivity index (χ1v) is 13.2. The minimum Gasteiger partial charge on any atom is -0.426 e. The van der Waals surface area contributed by atoms with Crippen LogP contribution >= 0.6 is 0 Å². The van der Waals surface area contributed by atoms with Crippen LogP contribution in [0.15, 0.2) is 54.6 Å². The molecule has 198 valence electrons. The molecule has 39 heavy (non-hydrogen) atoms. The highest BCUT2D eigenvalue weighted by Crippen LogP contribution is 2.65. The number of nitrogens with zero attached hydrogens (tertiary/aromatic N) is 3. The van der Waals surface area contributed by atoms with E-state index >= 15 is 0 Å². The first kappa shape index (κ1) is 23.8. The highest BCUT2D eigenvalue weighted by atomic mass is 16.6. The van der Waals surface area contributed by atoms with Crippen LogP contribution in [0.1, 0.15) is 18.4 Å². The first-order chi connectivity index (χ1) is 18.7. The van der Waals surface area contributed by atoms with Gasteiger partial charge < -0.3 is 9.64 Å². The summed E-state index contributed by atoms with van der Waals surface area (Å²) in [6.07, 6.45) is 5.23. The van der Waals surface area contributed by atoms with Gasteiger partial charge in [0.25, 0.3) is 5.69 Å². The Morgan fingerprint density at radius 2 is 1.67 bits per heavy atom. The molecule has 2 saturated heterocycles. The zero-order valence-electron chi connectivity index (χ0n) is 21.1. The Balaban J connectivity index is 1.07. The minimum absolute atomic E-state index is 0.0299. The van der Waals surface area contributed by atoms with Crippen LogP contribution in [0, 0.1) is 58.5 Å². The van der Waals surface area contributed by atoms with E-state index in [-0.39, 0.29) is 65.8 Å². The summed E-state index contributed by atoms with van der Waals surface area (Å²) in [4.78, 5) is 65.9. The minimum atomic E-state index is -0.771. The average Bonchev–Trinajstić information content (AvgIpc) is 3.59. The van der Waals surface area contributed by atoms with E-state index in [1.54, 1.807) is 37.3 Å². The first-order valence-electron chi connectivity index (χ1n) is 13.2. The molecule has 2 bridgehead atoms. The topological polar surface area (TPSA) is 127 Å². The molecule has 2 aromatic carbocycles. The summed E-state index contributed by atoms with van der Waals surface area (Å²) in [5.41, 5.74) is 1.09. The summed E-state index contributed by atoms with van der Waals surface area (Å²) in [5.74, 6) is -1.34. The molecule has 6 aliphatic rings. The van der Waals surface area contributed by atoms with Crippen LogP contribution in [-0.4, -0.2) is 35.2 Å². The van der Waals surface area contributed by atoms with Crippen molar-refractivity contribution in [2.24, 2.45) is 41.4 Å². The molecule has 0 spiro atoms. The third-order valence-electron chi connectivity index (χ3n) is 9.12. The molecule has 0 N–H and O–H groups in total. The SMILES string of the molecule is Cc1ccc(N2C[C@H](C(=O)Oc3cccc(N4C(=O)[C@@H]5[C@H]6C=C[C@@H]([C@@H]7C[C@H]67)[C@H]5C4=O)c3)CC2=O)cc1[N+](=O)[O-]. The summed E-state index contributed by atoms with van der Waals surface area (Å²) < 4.78 is 5.59. The Kier molecular flexibility index (Phi) is 5.07. The number of aryl methyl sites for hydroxylation is 1. The molecule has 3 amide bonds. The molecule has 0 aromatic heterocycles. The molecule has 2 saturated carbocycles. The molecule has 8 rings (SSSR count). The van der Waals surface area contributed by atoms with E-state index < -0.39 is 16.8 Å². The third-order valence-corrected chi connectivity index (χ3v) is 9.12. The number of anilines is 2. The molecule has 4 fully saturated rings. The van der Waals surface area contributed by atoms with E-state index in [0.717, 1.165) is 6.42 Å². The van der Waals surface area contributed by atoms with E-state index in [1.807, 2.05) is 0 Å². The summed E-state index contributed by atoms with van der Waals surface area (Å²) in [7, 11) is 0. The normalized spacial score (nSPS) is 31.9. The van der Waals surface area contributed by atoms with E-state index in [4.69, 9.17) is 4.74 Å². The maximum atomic E-state index is 13.4. The van der Waals surface area contributed by atoms with Gasteiger partial charge in [0.2, 0.25) is 17.7 Å². The third kappa shape index (κ3) is 3.54. The molecule has 7 atom stereocenters. The maximum Gasteiger partial charge on any atom is 0.316 e. The van der Waals surface area contributed by atoms with E-state index in [2.05, 4.69) is 12.2 Å². The summed E-state index contributed by atoms with van der Waals surface area (Å²) in [5, 5.41) is 11.3. The number of benzene rings is 2. The van der Waals surface area contributed by atoms with Gasteiger partial charge in [-0.15, -0.1) is 0 Å². The fourth-order valence-electron chi connectivity index (χ4n) is 7.17. The smallest absolute Gasteiger partial charge is 0.316 e. The molecule has 10 nitrogen and oxygen atoms in total. The molecular weight excluding hydrogens is 502 g/mol. The number of rotatable bonds is 5. The van der Waals surface area contributed by atoms with Crippen molar-refractivity contribution in [1.82, 2.24) is 0 Å². The van der Waals surface area contributed by atoms with E-state index in [0.29, 0.717) is 28.8 Å². The van der Waals surface area contributed by atoms with Crippen LogP contribution in [0.25, 0.3) is 0 Å². The van der Waals surface area contributed by atoms with Crippen LogP contribution in [0.5, 0.6) is 5.75 Å². The van der Waals surface area contributed by atoms with Gasteiger partial charge in [0, 0.05) is 30.7 Å². The predicted octanol–water partition coefficient (Wildman–Crippen LogP) is 3.42. The lowest BCUT2D eigenvalue weighted by Gasteiger charge is -2.37. The Bertz CT molecular complexity index is 1480. The van der Waals surface area contributed by atoms with Gasteiger partial charge in [-0.2, -0.15) is 0 Å². The van der Waals surface area contributed by atoms with Crippen molar-refractivity contribution < 1.29 is 28.8 Å². The monoisotopic (exact) mass is 527 g/mol. The van der Waals surface area contributed by atoms with Gasteiger partial charge in [0.1, 0.15) is 5.75 Å². The van der Waals surface area contributed by atoms with Crippen molar-refractivity contribution in [3.8, 4) is 5.75 Å². The zero-order valence-corrected chi connectivity index (χ0v) is 21.1. The fourth-order valence-corrected chi connectivity index (χ4v) is 7.17. The largest absolute Gasteiger partial charge is 0.426 e. The van der Waals surface area contributed by atoms with Crippen molar-refractivity contribution in [3.05, 3.63) is 70.3 Å². The number of imide groups is 1. The standard InChI is InChI=1S/C29H25N3O7/c1-14-5-6-16(11-23(14)32(37)38)30-13-15(9-24(30)33)29(36)39-18-4-2-3-17(10-18)31-27(34)25-19-7-8-20(22-12-21(19)22)26(25)28(31)35/h2-8,10-11,15,19-22,25-26H,9,12-13H2,1H3/t15-,19+,20+,21-,22+,25-,26-/m1/s1. The number of esters is 1. The number of allylic oxidation sites excluding steroid dienone is 2. The predicted molar refractivity (Wildman–Crippen MR) is 138 cm³/mol. The van der Waals surface area contributed by atoms with Crippen LogP contribution in [0.3, 0.4) is 0 Å². The van der Waals surface area contributed by atoms with Gasteiger partial charge in [-0.1, -0.05) is 24.3 Å². The number of hydrogen-bond acceptors (Lipinski definition) is 7. The van der Waals surface area contributed by atoms with Crippen LogP contribution in [0.4, 0.5) is 17.1 Å². The number of nitro groups is 1. The van der Waals surface area contributed by atoms with Gasteiger partial charge in [0.05, 0.1) is 34.1 Å². The summed E-state index contributed by atoms with van der Waals surface area (Å²) >= 11 is 0. The lowest BCUT2D eigenvalue weighted by Crippen LogP contribution is -2.40. The molecule has 0 radical (unpaired) electrons. The Morgan fingerprint density at radius 1 is 0.974 bits per heavy atom. The number of ether oxygens (including phenoxy) is 1. The highest BCUT2D eigenvalue weighted by molar-refractivity contribution is 6.22. The van der Waals surface area contributed by atoms with Crippen LogP contribution < -0.4 is 14.5 Å². The van der Waals surface area contributed by atoms with Gasteiger partial charge >= 0.3 is 5.97 Å². The van der Waals surface area contributed by atoms with Gasteiger partial charge in [0.15, 0.2) is 0 Å². The fraction of sp³-hybridized carbons (Fsp3) is 0.379. The van der Waals surface area contributed by atoms with Gasteiger partial charge in [-0.25, -0.2) is 4.90 Å². The molecule has 2 aliphatic heterocycles. The highest BCUT2D eigenvalue weighted by Gasteiger charge is 2.67. The second-order valence-corrected chi connectivity index (χ2v) is 11.2. The maximum absolute atomic E-state index is 13.4. The lowest BCUT2D eigenvalue weighted by molar-refractivity contribution is -0.385.